The summed E-state index contributed by atoms with van der Waals surface area (Å²) < 4.78 is 0. The van der Waals surface area contributed by atoms with Gasteiger partial charge in [0.2, 0.25) is 0 Å². The first kappa shape index (κ1) is 13.3. The quantitative estimate of drug-likeness (QED) is 0.732. The van der Waals surface area contributed by atoms with Crippen molar-refractivity contribution in [1.29, 1.82) is 0 Å². The Hall–Kier alpha value is -0.120. The first-order chi connectivity index (χ1) is 8.25. The predicted molar refractivity (Wildman–Crippen MR) is 73.4 cm³/mol. The SMILES string of the molecule is CN1CCC(CNCCC2CCCCN2C)C1. The van der Waals surface area contributed by atoms with Crippen LogP contribution in [0, 0.1) is 5.92 Å². The second-order valence-corrected chi connectivity index (χ2v) is 6.04. The fourth-order valence-electron chi connectivity index (χ4n) is 3.28. The molecule has 1 N–H and O–H groups in total. The Labute approximate surface area is 107 Å². The molecule has 2 rings (SSSR count). The molecule has 0 saturated carbocycles. The number of piperidine rings is 1. The Balaban J connectivity index is 1.53. The van der Waals surface area contributed by atoms with E-state index in [1.165, 1.54) is 64.8 Å². The second-order valence-electron chi connectivity index (χ2n) is 6.04. The Bertz CT molecular complexity index is 220. The van der Waals surface area contributed by atoms with Gasteiger partial charge >= 0.3 is 0 Å². The van der Waals surface area contributed by atoms with Crippen LogP contribution >= 0.6 is 0 Å². The van der Waals surface area contributed by atoms with Crippen LogP contribution in [0.25, 0.3) is 0 Å². The Morgan fingerprint density at radius 3 is 2.71 bits per heavy atom. The highest BCUT2D eigenvalue weighted by molar-refractivity contribution is 4.77. The third-order valence-corrected chi connectivity index (χ3v) is 4.50. The van der Waals surface area contributed by atoms with E-state index < -0.39 is 0 Å². The summed E-state index contributed by atoms with van der Waals surface area (Å²) in [6, 6.07) is 0.836. The molecule has 100 valence electrons. The molecule has 3 heteroatoms. The summed E-state index contributed by atoms with van der Waals surface area (Å²) in [4.78, 5) is 5.00. The van der Waals surface area contributed by atoms with Gasteiger partial charge in [-0.1, -0.05) is 6.42 Å². The highest BCUT2D eigenvalue weighted by Gasteiger charge is 2.20. The number of nitrogens with zero attached hydrogens (tertiary/aromatic N) is 2. The normalized spacial score (nSPS) is 32.1. The van der Waals surface area contributed by atoms with Crippen LogP contribution in [0.3, 0.4) is 0 Å². The minimum Gasteiger partial charge on any atom is -0.316 e. The molecule has 2 heterocycles. The molecule has 3 nitrogen and oxygen atoms in total. The lowest BCUT2D eigenvalue weighted by atomic mass is 10.00. The molecular weight excluding hydrogens is 210 g/mol. The summed E-state index contributed by atoms with van der Waals surface area (Å²) in [5.74, 6) is 0.893. The van der Waals surface area contributed by atoms with Crippen molar-refractivity contribution in [2.45, 2.75) is 38.1 Å². The third kappa shape index (κ3) is 4.23. The van der Waals surface area contributed by atoms with Crippen LogP contribution in [0.4, 0.5) is 0 Å². The molecule has 2 atom stereocenters. The maximum absolute atomic E-state index is 3.66. The molecular formula is C14H29N3. The molecule has 0 aromatic rings. The van der Waals surface area contributed by atoms with Crippen molar-refractivity contribution in [3.05, 3.63) is 0 Å². The van der Waals surface area contributed by atoms with E-state index in [1.54, 1.807) is 0 Å². The van der Waals surface area contributed by atoms with Crippen molar-refractivity contribution in [2.75, 3.05) is 46.8 Å². The van der Waals surface area contributed by atoms with Gasteiger partial charge < -0.3 is 15.1 Å². The lowest BCUT2D eigenvalue weighted by Crippen LogP contribution is -2.38. The predicted octanol–water partition coefficient (Wildman–Crippen LogP) is 1.40. The van der Waals surface area contributed by atoms with E-state index in [9.17, 15) is 0 Å². The van der Waals surface area contributed by atoms with E-state index in [-0.39, 0.29) is 0 Å². The van der Waals surface area contributed by atoms with Gasteiger partial charge in [-0.3, -0.25) is 0 Å². The van der Waals surface area contributed by atoms with Crippen molar-refractivity contribution in [2.24, 2.45) is 5.92 Å². The summed E-state index contributed by atoms with van der Waals surface area (Å²) in [5.41, 5.74) is 0. The van der Waals surface area contributed by atoms with Crippen LogP contribution in [0.5, 0.6) is 0 Å². The van der Waals surface area contributed by atoms with Gasteiger partial charge in [0.15, 0.2) is 0 Å². The standard InChI is InChI=1S/C14H29N3/c1-16-10-7-13(12-16)11-15-8-6-14-5-3-4-9-17(14)2/h13-15H,3-12H2,1-2H3. The molecule has 0 aromatic heterocycles. The molecule has 0 aliphatic carbocycles. The van der Waals surface area contributed by atoms with Crippen molar-refractivity contribution >= 4 is 0 Å². The van der Waals surface area contributed by atoms with Crippen LogP contribution < -0.4 is 5.32 Å². The minimum atomic E-state index is 0.836. The zero-order chi connectivity index (χ0) is 12.1. The first-order valence-electron chi connectivity index (χ1n) is 7.35. The van der Waals surface area contributed by atoms with E-state index in [4.69, 9.17) is 0 Å². The number of hydrogen-bond donors (Lipinski definition) is 1. The maximum Gasteiger partial charge on any atom is 0.0104 e. The average Bonchev–Trinajstić information content (AvgIpc) is 2.73. The molecule has 0 bridgehead atoms. The van der Waals surface area contributed by atoms with E-state index in [0.29, 0.717) is 0 Å². The molecule has 2 aliphatic heterocycles. The summed E-state index contributed by atoms with van der Waals surface area (Å²) in [5, 5.41) is 3.66. The maximum atomic E-state index is 3.66. The lowest BCUT2D eigenvalue weighted by molar-refractivity contribution is 0.175. The molecule has 0 amide bonds. The lowest BCUT2D eigenvalue weighted by Gasteiger charge is -2.32. The molecule has 2 unspecified atom stereocenters. The van der Waals surface area contributed by atoms with Crippen LogP contribution in [-0.2, 0) is 0 Å². The first-order valence-corrected chi connectivity index (χ1v) is 7.35. The molecule has 0 spiro atoms. The fourth-order valence-corrected chi connectivity index (χ4v) is 3.28. The second kappa shape index (κ2) is 6.72. The zero-order valence-corrected chi connectivity index (χ0v) is 11.6. The largest absolute Gasteiger partial charge is 0.316 e. The monoisotopic (exact) mass is 239 g/mol. The molecule has 0 aromatic carbocycles. The molecule has 2 fully saturated rings. The van der Waals surface area contributed by atoms with E-state index in [0.717, 1.165) is 12.0 Å². The Morgan fingerprint density at radius 1 is 1.12 bits per heavy atom. The fraction of sp³-hybridized carbons (Fsp3) is 1.00. The van der Waals surface area contributed by atoms with Crippen molar-refractivity contribution in [3.8, 4) is 0 Å². The van der Waals surface area contributed by atoms with Gasteiger partial charge in [-0.2, -0.15) is 0 Å². The Kier molecular flexibility index (Phi) is 5.26. The van der Waals surface area contributed by atoms with Gasteiger partial charge in [0.1, 0.15) is 0 Å². The van der Waals surface area contributed by atoms with E-state index in [1.807, 2.05) is 0 Å². The van der Waals surface area contributed by atoms with Gasteiger partial charge in [0.05, 0.1) is 0 Å². The number of rotatable bonds is 5. The van der Waals surface area contributed by atoms with Crippen LogP contribution in [-0.4, -0.2) is 62.7 Å². The number of nitrogens with one attached hydrogen (secondary N) is 1. The molecule has 2 aliphatic rings. The molecule has 0 radical (unpaired) electrons. The van der Waals surface area contributed by atoms with Crippen LogP contribution in [0.2, 0.25) is 0 Å². The van der Waals surface area contributed by atoms with Gasteiger partial charge in [0.25, 0.3) is 0 Å². The van der Waals surface area contributed by atoms with Gasteiger partial charge in [-0.05, 0) is 71.9 Å². The Morgan fingerprint density at radius 2 is 2.00 bits per heavy atom. The highest BCUT2D eigenvalue weighted by atomic mass is 15.1. The van der Waals surface area contributed by atoms with Gasteiger partial charge in [-0.25, -0.2) is 0 Å². The van der Waals surface area contributed by atoms with Gasteiger partial charge in [0, 0.05) is 12.6 Å². The average molecular weight is 239 g/mol. The summed E-state index contributed by atoms with van der Waals surface area (Å²) in [6.45, 7) is 6.31. The van der Waals surface area contributed by atoms with E-state index >= 15 is 0 Å². The van der Waals surface area contributed by atoms with Crippen molar-refractivity contribution in [1.82, 2.24) is 15.1 Å². The summed E-state index contributed by atoms with van der Waals surface area (Å²) in [7, 11) is 4.52. The topological polar surface area (TPSA) is 18.5 Å². The third-order valence-electron chi connectivity index (χ3n) is 4.50. The number of likely N-dealkylation sites (tertiary alicyclic amines) is 2. The number of hydrogen-bond acceptors (Lipinski definition) is 3. The minimum absolute atomic E-state index is 0.836. The van der Waals surface area contributed by atoms with Crippen molar-refractivity contribution < 1.29 is 0 Å². The van der Waals surface area contributed by atoms with Crippen molar-refractivity contribution in [3.63, 3.8) is 0 Å². The molecule has 17 heavy (non-hydrogen) atoms. The summed E-state index contributed by atoms with van der Waals surface area (Å²) in [6.07, 6.45) is 6.95. The summed E-state index contributed by atoms with van der Waals surface area (Å²) >= 11 is 0. The van der Waals surface area contributed by atoms with Gasteiger partial charge in [-0.15, -0.1) is 0 Å². The van der Waals surface area contributed by atoms with Crippen LogP contribution in [0.1, 0.15) is 32.1 Å². The smallest absolute Gasteiger partial charge is 0.0104 e. The molecule has 2 saturated heterocycles. The van der Waals surface area contributed by atoms with E-state index in [2.05, 4.69) is 29.2 Å². The van der Waals surface area contributed by atoms with Crippen LogP contribution in [0.15, 0.2) is 0 Å². The zero-order valence-electron chi connectivity index (χ0n) is 11.6. The highest BCUT2D eigenvalue weighted by Crippen LogP contribution is 2.17.